The second-order valence-electron chi connectivity index (χ2n) is 6.60. The molecule has 3 N–H and O–H groups in total. The first-order valence-electron chi connectivity index (χ1n) is 8.87. The molecule has 8 nitrogen and oxygen atoms in total. The number of aromatic amines is 2. The molecule has 9 heteroatoms. The highest BCUT2D eigenvalue weighted by Gasteiger charge is 2.23. The molecule has 0 aliphatic heterocycles. The topological polar surface area (TPSA) is 113 Å². The Morgan fingerprint density at radius 1 is 1.29 bits per heavy atom. The monoisotopic (exact) mass is 383 g/mol. The van der Waals surface area contributed by atoms with Gasteiger partial charge in [0, 0.05) is 17.9 Å². The molecule has 0 radical (unpaired) electrons. The molecule has 144 valence electrons. The lowest BCUT2D eigenvalue weighted by molar-refractivity contribution is 0.0931. The molecule has 0 unspecified atom stereocenters. The van der Waals surface area contributed by atoms with Crippen molar-refractivity contribution >= 4 is 5.91 Å². The Balaban J connectivity index is 1.38. The van der Waals surface area contributed by atoms with Crippen LogP contribution in [0.25, 0.3) is 0 Å². The minimum Gasteiger partial charge on any atom is -0.486 e. The van der Waals surface area contributed by atoms with Gasteiger partial charge in [-0.2, -0.15) is 5.10 Å². The number of nitrogens with one attached hydrogen (secondary N) is 3. The molecule has 0 spiro atoms. The Morgan fingerprint density at radius 3 is 2.89 bits per heavy atom. The highest BCUT2D eigenvalue weighted by atomic mass is 19.1. The van der Waals surface area contributed by atoms with E-state index in [9.17, 15) is 14.0 Å². The van der Waals surface area contributed by atoms with Crippen LogP contribution in [0.5, 0.6) is 5.75 Å². The Bertz CT molecular complexity index is 1040. The van der Waals surface area contributed by atoms with Crippen LogP contribution in [0.1, 0.15) is 33.9 Å². The number of hydrogen-bond donors (Lipinski definition) is 3. The van der Waals surface area contributed by atoms with Crippen LogP contribution in [-0.4, -0.2) is 32.1 Å². The van der Waals surface area contributed by atoms with Gasteiger partial charge in [-0.15, -0.1) is 0 Å². The average molecular weight is 383 g/mol. The zero-order valence-electron chi connectivity index (χ0n) is 14.9. The van der Waals surface area contributed by atoms with Gasteiger partial charge >= 0.3 is 0 Å². The number of aryl methyl sites for hydroxylation is 1. The third-order valence-corrected chi connectivity index (χ3v) is 4.64. The van der Waals surface area contributed by atoms with Crippen molar-refractivity contribution in [3.63, 3.8) is 0 Å². The number of carbonyl (C=O) groups excluding carboxylic acids is 1. The molecule has 2 aromatic heterocycles. The predicted octanol–water partition coefficient (Wildman–Crippen LogP) is 1.50. The zero-order valence-corrected chi connectivity index (χ0v) is 14.9. The van der Waals surface area contributed by atoms with Crippen LogP contribution in [0, 0.1) is 5.82 Å². The van der Waals surface area contributed by atoms with Crippen molar-refractivity contribution in [1.82, 2.24) is 25.5 Å². The van der Waals surface area contributed by atoms with Gasteiger partial charge in [-0.05, 0) is 49.1 Å². The fourth-order valence-electron chi connectivity index (χ4n) is 3.15. The molecule has 0 saturated carbocycles. The number of rotatable bonds is 5. The van der Waals surface area contributed by atoms with Crippen LogP contribution in [0.3, 0.4) is 0 Å². The van der Waals surface area contributed by atoms with E-state index in [2.05, 4.69) is 25.5 Å². The van der Waals surface area contributed by atoms with E-state index in [0.29, 0.717) is 12.2 Å². The van der Waals surface area contributed by atoms with Crippen LogP contribution < -0.4 is 15.6 Å². The third-order valence-electron chi connectivity index (χ3n) is 4.64. The van der Waals surface area contributed by atoms with Crippen LogP contribution in [0.4, 0.5) is 4.39 Å². The van der Waals surface area contributed by atoms with Gasteiger partial charge in [0.25, 0.3) is 11.5 Å². The van der Waals surface area contributed by atoms with Crippen molar-refractivity contribution in [3.8, 4) is 5.75 Å². The quantitative estimate of drug-likeness (QED) is 0.618. The van der Waals surface area contributed by atoms with E-state index in [0.717, 1.165) is 24.1 Å². The smallest absolute Gasteiger partial charge is 0.263 e. The summed E-state index contributed by atoms with van der Waals surface area (Å²) < 4.78 is 18.3. The van der Waals surface area contributed by atoms with Crippen LogP contribution in [-0.2, 0) is 19.4 Å². The summed E-state index contributed by atoms with van der Waals surface area (Å²) in [6.45, 7) is -0.00529. The predicted molar refractivity (Wildman–Crippen MR) is 97.5 cm³/mol. The summed E-state index contributed by atoms with van der Waals surface area (Å²) >= 11 is 0. The molecule has 0 bridgehead atoms. The lowest BCUT2D eigenvalue weighted by Gasteiger charge is -2.22. The van der Waals surface area contributed by atoms with Gasteiger partial charge in [-0.25, -0.2) is 9.37 Å². The zero-order chi connectivity index (χ0) is 19.5. The molecular formula is C19H18FN5O3. The van der Waals surface area contributed by atoms with Gasteiger partial charge < -0.3 is 15.0 Å². The van der Waals surface area contributed by atoms with Gasteiger partial charge in [-0.1, -0.05) is 0 Å². The number of H-pyrrole nitrogens is 2. The molecule has 2 heterocycles. The standard InChI is InChI=1S/C19H18FN5O3/c20-12-1-4-14(5-2-12)28-10-17-21-9-15(19(27)24-17)18(26)23-13-3-6-16-11(7-13)8-22-25-16/h1-2,4-5,8-9,13H,3,6-7,10H2,(H,22,25)(H,23,26)(H,21,24,27)/t13-/m0/s1. The molecule has 0 saturated heterocycles. The number of hydrogen-bond acceptors (Lipinski definition) is 5. The van der Waals surface area contributed by atoms with Crippen molar-refractivity contribution < 1.29 is 13.9 Å². The van der Waals surface area contributed by atoms with E-state index in [1.165, 1.54) is 30.5 Å². The molecule has 1 atom stereocenters. The fourth-order valence-corrected chi connectivity index (χ4v) is 3.15. The van der Waals surface area contributed by atoms with Gasteiger partial charge in [0.1, 0.15) is 29.6 Å². The molecule has 1 aromatic carbocycles. The van der Waals surface area contributed by atoms with Crippen molar-refractivity contribution in [2.45, 2.75) is 31.9 Å². The van der Waals surface area contributed by atoms with E-state index < -0.39 is 11.5 Å². The number of halogens is 1. The number of ether oxygens (including phenoxy) is 1. The van der Waals surface area contributed by atoms with E-state index in [1.807, 2.05) is 0 Å². The maximum absolute atomic E-state index is 12.9. The van der Waals surface area contributed by atoms with Crippen molar-refractivity contribution in [3.05, 3.63) is 75.5 Å². The summed E-state index contributed by atoms with van der Waals surface area (Å²) in [6.07, 6.45) is 5.25. The van der Waals surface area contributed by atoms with Gasteiger partial charge in [-0.3, -0.25) is 14.7 Å². The van der Waals surface area contributed by atoms with Crippen LogP contribution in [0.2, 0.25) is 0 Å². The Kier molecular flexibility index (Phi) is 4.88. The lowest BCUT2D eigenvalue weighted by atomic mass is 9.93. The first-order chi connectivity index (χ1) is 13.6. The minimum absolute atomic E-state index is 0.00529. The average Bonchev–Trinajstić information content (AvgIpc) is 3.15. The van der Waals surface area contributed by atoms with Crippen molar-refractivity contribution in [2.75, 3.05) is 0 Å². The molecule has 28 heavy (non-hydrogen) atoms. The molecule has 3 aromatic rings. The summed E-state index contributed by atoms with van der Waals surface area (Å²) in [7, 11) is 0. The minimum atomic E-state index is -0.537. The second-order valence-corrected chi connectivity index (χ2v) is 6.60. The van der Waals surface area contributed by atoms with E-state index in [1.54, 1.807) is 6.20 Å². The fraction of sp³-hybridized carbons (Fsp3) is 0.263. The van der Waals surface area contributed by atoms with E-state index in [4.69, 9.17) is 4.74 Å². The largest absolute Gasteiger partial charge is 0.486 e. The summed E-state index contributed by atoms with van der Waals surface area (Å²) in [6, 6.07) is 5.45. The molecule has 1 aliphatic rings. The summed E-state index contributed by atoms with van der Waals surface area (Å²) in [4.78, 5) is 31.3. The highest BCUT2D eigenvalue weighted by molar-refractivity contribution is 5.93. The number of fused-ring (bicyclic) bond motifs is 1. The molecule has 0 fully saturated rings. The van der Waals surface area contributed by atoms with E-state index in [-0.39, 0.29) is 29.9 Å². The van der Waals surface area contributed by atoms with Crippen LogP contribution in [0.15, 0.2) is 41.5 Å². The number of nitrogens with zero attached hydrogens (tertiary/aromatic N) is 2. The SMILES string of the molecule is O=C(N[C@H]1CCc2[nH]ncc2C1)c1cnc(COc2ccc(F)cc2)[nH]c1=O. The highest BCUT2D eigenvalue weighted by Crippen LogP contribution is 2.19. The first-order valence-corrected chi connectivity index (χ1v) is 8.87. The summed E-state index contributed by atoms with van der Waals surface area (Å²) in [5.74, 6) is -0.110. The Hall–Kier alpha value is -3.49. The van der Waals surface area contributed by atoms with Gasteiger partial charge in [0.2, 0.25) is 0 Å². The number of amides is 1. The number of aromatic nitrogens is 4. The normalized spacial score (nSPS) is 15.7. The number of benzene rings is 1. The Labute approximate surface area is 159 Å². The summed E-state index contributed by atoms with van der Waals surface area (Å²) in [5, 5.41) is 9.84. The maximum atomic E-state index is 12.9. The molecular weight excluding hydrogens is 365 g/mol. The number of carbonyl (C=O) groups is 1. The van der Waals surface area contributed by atoms with E-state index >= 15 is 0 Å². The van der Waals surface area contributed by atoms with Gasteiger partial charge in [0.05, 0.1) is 6.20 Å². The van der Waals surface area contributed by atoms with Crippen LogP contribution >= 0.6 is 0 Å². The Morgan fingerprint density at radius 2 is 2.11 bits per heavy atom. The molecule has 1 aliphatic carbocycles. The molecule has 1 amide bonds. The third kappa shape index (κ3) is 3.93. The van der Waals surface area contributed by atoms with Crippen molar-refractivity contribution in [1.29, 1.82) is 0 Å². The second kappa shape index (κ2) is 7.63. The lowest BCUT2D eigenvalue weighted by Crippen LogP contribution is -2.41. The summed E-state index contributed by atoms with van der Waals surface area (Å²) in [5.41, 5.74) is 1.58. The maximum Gasteiger partial charge on any atom is 0.263 e. The first kappa shape index (κ1) is 17.9. The molecule has 4 rings (SSSR count). The van der Waals surface area contributed by atoms with Crippen molar-refractivity contribution in [2.24, 2.45) is 0 Å². The van der Waals surface area contributed by atoms with Gasteiger partial charge in [0.15, 0.2) is 0 Å².